The van der Waals surface area contributed by atoms with Crippen molar-refractivity contribution in [2.24, 2.45) is 5.50 Å². The monoisotopic (exact) mass is 405 g/mol. The minimum absolute atomic E-state index is 0.333. The van der Waals surface area contributed by atoms with E-state index < -0.39 is 28.0 Å². The predicted octanol–water partition coefficient (Wildman–Crippen LogP) is 2.48. The highest BCUT2D eigenvalue weighted by atomic mass is 32.2. The van der Waals surface area contributed by atoms with E-state index >= 15 is 0 Å². The first-order valence-corrected chi connectivity index (χ1v) is 11.3. The standard InChI is InChI=1S/C14H16NO7PS2/c1-11-3-7-13(8-4-11)24(17,18)21-23(15,16)22-25(19,20)14-9-5-12(2)6-10-14/h3-10H,1-2H3,(H2,15,16). The van der Waals surface area contributed by atoms with Gasteiger partial charge in [-0.3, -0.25) is 0 Å². The zero-order valence-corrected chi connectivity index (χ0v) is 15.8. The summed E-state index contributed by atoms with van der Waals surface area (Å²) in [6.45, 7) is 3.48. The van der Waals surface area contributed by atoms with Crippen molar-refractivity contribution in [3.8, 4) is 0 Å². The molecule has 2 aromatic rings. The van der Waals surface area contributed by atoms with Gasteiger partial charge in [-0.05, 0) is 38.1 Å². The molecule has 0 fully saturated rings. The van der Waals surface area contributed by atoms with Gasteiger partial charge in [-0.2, -0.15) is 24.8 Å². The van der Waals surface area contributed by atoms with Crippen molar-refractivity contribution in [1.29, 1.82) is 0 Å². The van der Waals surface area contributed by atoms with Gasteiger partial charge in [0.2, 0.25) is 0 Å². The normalized spacial score (nSPS) is 12.9. The van der Waals surface area contributed by atoms with Gasteiger partial charge in [0.25, 0.3) is 0 Å². The number of nitrogens with two attached hydrogens (primary N) is 1. The molecule has 0 saturated heterocycles. The molecular formula is C14H16NO7PS2. The molecule has 0 radical (unpaired) electrons. The van der Waals surface area contributed by atoms with Crippen LogP contribution in [0.2, 0.25) is 0 Å². The Morgan fingerprint density at radius 2 is 1.00 bits per heavy atom. The Hall–Kier alpha value is -1.55. The molecule has 0 amide bonds. The molecule has 11 heteroatoms. The van der Waals surface area contributed by atoms with Gasteiger partial charge in [0.15, 0.2) is 0 Å². The quantitative estimate of drug-likeness (QED) is 0.726. The van der Waals surface area contributed by atoms with Crippen molar-refractivity contribution < 1.29 is 29.3 Å². The van der Waals surface area contributed by atoms with Crippen LogP contribution in [0.1, 0.15) is 11.1 Å². The maximum Gasteiger partial charge on any atom is 0.432 e. The number of hydrogen-bond acceptors (Lipinski definition) is 7. The molecule has 0 aliphatic heterocycles. The van der Waals surface area contributed by atoms with Gasteiger partial charge < -0.3 is 0 Å². The second-order valence-corrected chi connectivity index (χ2v) is 10.3. The molecule has 2 aromatic carbocycles. The molecule has 0 unspecified atom stereocenters. The summed E-state index contributed by atoms with van der Waals surface area (Å²) >= 11 is 0. The van der Waals surface area contributed by atoms with E-state index in [1.807, 2.05) is 0 Å². The summed E-state index contributed by atoms with van der Waals surface area (Å²) in [4.78, 5) is -0.666. The van der Waals surface area contributed by atoms with Crippen LogP contribution in [-0.4, -0.2) is 16.8 Å². The Bertz CT molecular complexity index is 932. The third-order valence-electron chi connectivity index (χ3n) is 3.02. The molecule has 0 aromatic heterocycles. The molecule has 8 nitrogen and oxygen atoms in total. The lowest BCUT2D eigenvalue weighted by Gasteiger charge is -2.13. The summed E-state index contributed by atoms with van der Waals surface area (Å²) in [6, 6.07) is 10.8. The zero-order chi connectivity index (χ0) is 18.9. The summed E-state index contributed by atoms with van der Waals surface area (Å²) in [5.41, 5.74) is 6.75. The van der Waals surface area contributed by atoms with Gasteiger partial charge in [-0.1, -0.05) is 35.4 Å². The fraction of sp³-hybridized carbons (Fsp3) is 0.143. The summed E-state index contributed by atoms with van der Waals surface area (Å²) in [6.07, 6.45) is 0. The molecule has 0 saturated carbocycles. The van der Waals surface area contributed by atoms with E-state index in [9.17, 15) is 21.4 Å². The highest BCUT2D eigenvalue weighted by Gasteiger charge is 2.35. The Morgan fingerprint density at radius 3 is 1.28 bits per heavy atom. The van der Waals surface area contributed by atoms with Crippen LogP contribution in [0.15, 0.2) is 58.3 Å². The molecule has 0 aliphatic rings. The van der Waals surface area contributed by atoms with Crippen LogP contribution in [0.5, 0.6) is 0 Å². The second kappa shape index (κ2) is 6.99. The van der Waals surface area contributed by atoms with Crippen LogP contribution >= 0.6 is 7.75 Å². The average molecular weight is 405 g/mol. The van der Waals surface area contributed by atoms with Gasteiger partial charge in [-0.15, -0.1) is 0 Å². The largest absolute Gasteiger partial charge is 0.432 e. The molecule has 0 bridgehead atoms. The van der Waals surface area contributed by atoms with Crippen molar-refractivity contribution in [2.75, 3.05) is 0 Å². The lowest BCUT2D eigenvalue weighted by molar-refractivity contribution is 0.381. The van der Waals surface area contributed by atoms with Crippen LogP contribution in [0.25, 0.3) is 0 Å². The SMILES string of the molecule is Cc1ccc(S(=O)(=O)OP(N)(=O)OS(=O)(=O)c2ccc(C)cc2)cc1. The van der Waals surface area contributed by atoms with E-state index in [2.05, 4.69) is 7.94 Å². The predicted molar refractivity (Wildman–Crippen MR) is 90.7 cm³/mol. The Labute approximate surface area is 146 Å². The number of rotatable bonds is 6. The van der Waals surface area contributed by atoms with Gasteiger partial charge in [0, 0.05) is 0 Å². The minimum atomic E-state index is -4.97. The lowest BCUT2D eigenvalue weighted by Crippen LogP contribution is -2.15. The number of aryl methyl sites for hydroxylation is 2. The molecule has 0 spiro atoms. The van der Waals surface area contributed by atoms with Crippen molar-refractivity contribution in [2.45, 2.75) is 23.6 Å². The van der Waals surface area contributed by atoms with Crippen LogP contribution in [0.3, 0.4) is 0 Å². The van der Waals surface area contributed by atoms with Gasteiger partial charge in [-0.25, -0.2) is 10.1 Å². The Kier molecular flexibility index (Phi) is 5.53. The topological polar surface area (TPSA) is 130 Å². The van der Waals surface area contributed by atoms with Gasteiger partial charge >= 0.3 is 28.0 Å². The van der Waals surface area contributed by atoms with E-state index in [0.29, 0.717) is 0 Å². The fourth-order valence-corrected chi connectivity index (χ4v) is 5.92. The van der Waals surface area contributed by atoms with E-state index in [1.54, 1.807) is 13.8 Å². The summed E-state index contributed by atoms with van der Waals surface area (Å²) < 4.78 is 69.1. The number of benzene rings is 2. The maximum absolute atomic E-state index is 12.1. The average Bonchev–Trinajstić information content (AvgIpc) is 2.45. The highest BCUT2D eigenvalue weighted by Crippen LogP contribution is 2.45. The van der Waals surface area contributed by atoms with Crippen LogP contribution < -0.4 is 5.50 Å². The van der Waals surface area contributed by atoms with Crippen molar-refractivity contribution in [3.05, 3.63) is 59.7 Å². The smallest absolute Gasteiger partial charge is 0.239 e. The number of hydrogen-bond donors (Lipinski definition) is 1. The second-order valence-electron chi connectivity index (χ2n) is 5.22. The molecule has 0 heterocycles. The third-order valence-corrected chi connectivity index (χ3v) is 7.95. The van der Waals surface area contributed by atoms with Crippen molar-refractivity contribution >= 4 is 28.0 Å². The minimum Gasteiger partial charge on any atom is -0.239 e. The molecule has 25 heavy (non-hydrogen) atoms. The first-order valence-electron chi connectivity index (χ1n) is 6.86. The van der Waals surface area contributed by atoms with Gasteiger partial charge in [0.05, 0.1) is 9.79 Å². The molecule has 2 rings (SSSR count). The third kappa shape index (κ3) is 5.21. The van der Waals surface area contributed by atoms with Gasteiger partial charge in [0.1, 0.15) is 0 Å². The molecule has 136 valence electrons. The van der Waals surface area contributed by atoms with Crippen molar-refractivity contribution in [3.63, 3.8) is 0 Å². The molecule has 0 aliphatic carbocycles. The first kappa shape index (κ1) is 19.8. The lowest BCUT2D eigenvalue weighted by atomic mass is 10.2. The van der Waals surface area contributed by atoms with E-state index in [1.165, 1.54) is 48.5 Å². The molecule has 2 N–H and O–H groups in total. The van der Waals surface area contributed by atoms with Crippen LogP contribution in [-0.2, 0) is 32.7 Å². The highest BCUT2D eigenvalue weighted by molar-refractivity contribution is 7.94. The summed E-state index contributed by atoms with van der Waals surface area (Å²) in [7, 11) is -14.1. The van der Waals surface area contributed by atoms with E-state index in [4.69, 9.17) is 5.50 Å². The molecular weight excluding hydrogens is 389 g/mol. The maximum atomic E-state index is 12.1. The van der Waals surface area contributed by atoms with Crippen LogP contribution in [0.4, 0.5) is 0 Å². The van der Waals surface area contributed by atoms with Crippen molar-refractivity contribution in [1.82, 2.24) is 0 Å². The zero-order valence-electron chi connectivity index (χ0n) is 13.3. The first-order chi connectivity index (χ1) is 11.4. The Balaban J connectivity index is 2.25. The summed E-state index contributed by atoms with van der Waals surface area (Å²) in [5, 5.41) is 0. The fourth-order valence-electron chi connectivity index (χ4n) is 1.78. The van der Waals surface area contributed by atoms with Crippen LogP contribution in [0, 0.1) is 13.8 Å². The Morgan fingerprint density at radius 1 is 0.720 bits per heavy atom. The summed E-state index contributed by atoms with van der Waals surface area (Å²) in [5.74, 6) is 0. The molecule has 0 atom stereocenters. The van der Waals surface area contributed by atoms with E-state index in [-0.39, 0.29) is 9.79 Å². The van der Waals surface area contributed by atoms with E-state index in [0.717, 1.165) is 11.1 Å².